The molecule has 164 valence electrons. The summed E-state index contributed by atoms with van der Waals surface area (Å²) < 4.78 is 46.6. The predicted octanol–water partition coefficient (Wildman–Crippen LogP) is 2.77. The van der Waals surface area contributed by atoms with Crippen molar-refractivity contribution in [2.24, 2.45) is 0 Å². The molecule has 31 heavy (non-hydrogen) atoms. The Bertz CT molecular complexity index is 1070. The number of morpholine rings is 1. The highest BCUT2D eigenvalue weighted by Gasteiger charge is 2.30. The number of amides is 1. The molecular formula is C22H24FN3O4S. The van der Waals surface area contributed by atoms with Crippen LogP contribution in [0.25, 0.3) is 0 Å². The zero-order valence-corrected chi connectivity index (χ0v) is 18.1. The molecule has 0 radical (unpaired) electrons. The van der Waals surface area contributed by atoms with E-state index in [2.05, 4.69) is 0 Å². The van der Waals surface area contributed by atoms with Crippen molar-refractivity contribution in [1.29, 1.82) is 5.26 Å². The molecule has 0 N–H and O–H groups in total. The number of benzene rings is 2. The Hall–Kier alpha value is -2.80. The molecule has 0 aliphatic carbocycles. The molecule has 2 aromatic rings. The summed E-state index contributed by atoms with van der Waals surface area (Å²) in [6.45, 7) is 3.44. The van der Waals surface area contributed by atoms with Crippen LogP contribution in [-0.2, 0) is 21.3 Å². The predicted molar refractivity (Wildman–Crippen MR) is 112 cm³/mol. The average Bonchev–Trinajstić information content (AvgIpc) is 2.79. The fourth-order valence-corrected chi connectivity index (χ4v) is 4.87. The normalized spacial score (nSPS) is 14.7. The molecule has 0 bridgehead atoms. The van der Waals surface area contributed by atoms with E-state index >= 15 is 0 Å². The fraction of sp³-hybridized carbons (Fsp3) is 0.364. The third-order valence-corrected chi connectivity index (χ3v) is 6.92. The van der Waals surface area contributed by atoms with E-state index in [1.807, 2.05) is 13.0 Å². The van der Waals surface area contributed by atoms with Gasteiger partial charge in [-0.1, -0.05) is 19.1 Å². The van der Waals surface area contributed by atoms with Crippen LogP contribution < -0.4 is 0 Å². The van der Waals surface area contributed by atoms with Gasteiger partial charge in [0.2, 0.25) is 10.0 Å². The van der Waals surface area contributed by atoms with Crippen molar-refractivity contribution < 1.29 is 22.3 Å². The van der Waals surface area contributed by atoms with E-state index in [-0.39, 0.29) is 37.8 Å². The van der Waals surface area contributed by atoms with Crippen LogP contribution in [0.2, 0.25) is 0 Å². The van der Waals surface area contributed by atoms with Gasteiger partial charge in [0.1, 0.15) is 10.7 Å². The summed E-state index contributed by atoms with van der Waals surface area (Å²) >= 11 is 0. The largest absolute Gasteiger partial charge is 0.379 e. The van der Waals surface area contributed by atoms with Crippen LogP contribution in [0.3, 0.4) is 0 Å². The van der Waals surface area contributed by atoms with Gasteiger partial charge in [0, 0.05) is 31.7 Å². The molecule has 0 atom stereocenters. The van der Waals surface area contributed by atoms with Gasteiger partial charge in [-0.15, -0.1) is 0 Å². The maximum atomic E-state index is 14.5. The molecule has 0 saturated carbocycles. The lowest BCUT2D eigenvalue weighted by Gasteiger charge is -2.26. The number of nitriles is 1. The lowest BCUT2D eigenvalue weighted by molar-refractivity contribution is 0.0728. The van der Waals surface area contributed by atoms with Crippen LogP contribution in [-0.4, -0.2) is 56.4 Å². The SMILES string of the molecule is CCCN(Cc1ccc(C#N)cc1)C(=O)c1ccc(F)c(S(=O)(=O)N2CCOCC2)c1. The molecule has 1 amide bonds. The summed E-state index contributed by atoms with van der Waals surface area (Å²) in [7, 11) is -4.08. The van der Waals surface area contributed by atoms with Crippen molar-refractivity contribution in [3.63, 3.8) is 0 Å². The second kappa shape index (κ2) is 10.0. The first kappa shape index (κ1) is 22.9. The molecule has 1 aliphatic rings. The molecule has 0 unspecified atom stereocenters. The van der Waals surface area contributed by atoms with Crippen LogP contribution >= 0.6 is 0 Å². The fourth-order valence-electron chi connectivity index (χ4n) is 3.37. The smallest absolute Gasteiger partial charge is 0.254 e. The van der Waals surface area contributed by atoms with Gasteiger partial charge in [0.25, 0.3) is 5.91 Å². The lowest BCUT2D eigenvalue weighted by Crippen LogP contribution is -2.41. The number of halogens is 1. The van der Waals surface area contributed by atoms with Crippen molar-refractivity contribution in [3.05, 3.63) is 65.0 Å². The minimum Gasteiger partial charge on any atom is -0.379 e. The Morgan fingerprint density at radius 3 is 2.48 bits per heavy atom. The first-order valence-corrected chi connectivity index (χ1v) is 11.5. The minimum absolute atomic E-state index is 0.107. The summed E-state index contributed by atoms with van der Waals surface area (Å²) in [5.74, 6) is -1.28. The Kier molecular flexibility index (Phi) is 7.38. The third-order valence-electron chi connectivity index (χ3n) is 5.00. The molecule has 3 rings (SSSR count). The second-order valence-electron chi connectivity index (χ2n) is 7.20. The average molecular weight is 446 g/mol. The number of hydrogen-bond donors (Lipinski definition) is 0. The van der Waals surface area contributed by atoms with E-state index in [9.17, 15) is 17.6 Å². The first-order chi connectivity index (χ1) is 14.9. The highest BCUT2D eigenvalue weighted by molar-refractivity contribution is 7.89. The van der Waals surface area contributed by atoms with E-state index in [0.717, 1.165) is 17.7 Å². The van der Waals surface area contributed by atoms with Crippen molar-refractivity contribution in [2.75, 3.05) is 32.8 Å². The van der Waals surface area contributed by atoms with Crippen LogP contribution in [0, 0.1) is 17.1 Å². The Morgan fingerprint density at radius 2 is 1.87 bits per heavy atom. The standard InChI is InChI=1S/C22H24FN3O4S/c1-2-9-25(16-18-5-3-17(15-24)4-6-18)22(27)19-7-8-20(23)21(14-19)31(28,29)26-10-12-30-13-11-26/h3-8,14H,2,9-13,16H2,1H3. The quantitative estimate of drug-likeness (QED) is 0.654. The summed E-state index contributed by atoms with van der Waals surface area (Å²) in [5, 5.41) is 8.94. The number of carbonyl (C=O) groups is 1. The minimum atomic E-state index is -4.08. The maximum Gasteiger partial charge on any atom is 0.254 e. The molecule has 1 saturated heterocycles. The van der Waals surface area contributed by atoms with Crippen molar-refractivity contribution >= 4 is 15.9 Å². The number of ether oxygens (including phenoxy) is 1. The molecule has 0 spiro atoms. The highest BCUT2D eigenvalue weighted by atomic mass is 32.2. The summed E-state index contributed by atoms with van der Waals surface area (Å²) in [6.07, 6.45) is 0.697. The number of nitrogens with zero attached hydrogens (tertiary/aromatic N) is 3. The maximum absolute atomic E-state index is 14.5. The molecule has 7 nitrogen and oxygen atoms in total. The zero-order chi connectivity index (χ0) is 22.4. The number of rotatable bonds is 7. The number of carbonyl (C=O) groups excluding carboxylic acids is 1. The third kappa shape index (κ3) is 5.28. The van der Waals surface area contributed by atoms with Gasteiger partial charge in [-0.3, -0.25) is 4.79 Å². The van der Waals surface area contributed by atoms with E-state index in [4.69, 9.17) is 10.00 Å². The van der Waals surface area contributed by atoms with Crippen molar-refractivity contribution in [3.8, 4) is 6.07 Å². The Labute approximate surface area is 181 Å². The van der Waals surface area contributed by atoms with Gasteiger partial charge in [0.05, 0.1) is 24.8 Å². The molecule has 1 fully saturated rings. The van der Waals surface area contributed by atoms with Gasteiger partial charge >= 0.3 is 0 Å². The van der Waals surface area contributed by atoms with E-state index in [0.29, 0.717) is 25.1 Å². The highest BCUT2D eigenvalue weighted by Crippen LogP contribution is 2.23. The second-order valence-corrected chi connectivity index (χ2v) is 9.10. The number of hydrogen-bond acceptors (Lipinski definition) is 5. The molecule has 9 heteroatoms. The van der Waals surface area contributed by atoms with Gasteiger partial charge < -0.3 is 9.64 Å². The Balaban J connectivity index is 1.88. The monoisotopic (exact) mass is 445 g/mol. The molecule has 0 aromatic heterocycles. The zero-order valence-electron chi connectivity index (χ0n) is 17.3. The lowest BCUT2D eigenvalue weighted by atomic mass is 10.1. The van der Waals surface area contributed by atoms with Gasteiger partial charge in [-0.25, -0.2) is 12.8 Å². The molecular weight excluding hydrogens is 421 g/mol. The van der Waals surface area contributed by atoms with Gasteiger partial charge in [-0.2, -0.15) is 9.57 Å². The summed E-state index contributed by atoms with van der Waals surface area (Å²) in [5.41, 5.74) is 1.47. The molecule has 1 heterocycles. The van der Waals surface area contributed by atoms with E-state index in [1.165, 1.54) is 10.4 Å². The first-order valence-electron chi connectivity index (χ1n) is 10.0. The van der Waals surface area contributed by atoms with Gasteiger partial charge in [-0.05, 0) is 42.3 Å². The van der Waals surface area contributed by atoms with Crippen LogP contribution in [0.4, 0.5) is 4.39 Å². The summed E-state index contributed by atoms with van der Waals surface area (Å²) in [6, 6.07) is 12.4. The van der Waals surface area contributed by atoms with Crippen LogP contribution in [0.1, 0.15) is 34.8 Å². The molecule has 2 aromatic carbocycles. The summed E-state index contributed by atoms with van der Waals surface area (Å²) in [4.78, 5) is 14.2. The van der Waals surface area contributed by atoms with Crippen LogP contribution in [0.5, 0.6) is 0 Å². The topological polar surface area (TPSA) is 90.7 Å². The van der Waals surface area contributed by atoms with Crippen molar-refractivity contribution in [1.82, 2.24) is 9.21 Å². The van der Waals surface area contributed by atoms with E-state index in [1.54, 1.807) is 29.2 Å². The van der Waals surface area contributed by atoms with Gasteiger partial charge in [0.15, 0.2) is 0 Å². The van der Waals surface area contributed by atoms with Crippen LogP contribution in [0.15, 0.2) is 47.4 Å². The molecule has 1 aliphatic heterocycles. The number of sulfonamides is 1. The van der Waals surface area contributed by atoms with E-state index < -0.39 is 20.7 Å². The van der Waals surface area contributed by atoms with Crippen molar-refractivity contribution in [2.45, 2.75) is 24.8 Å². The Morgan fingerprint density at radius 1 is 1.19 bits per heavy atom.